The van der Waals surface area contributed by atoms with E-state index in [9.17, 15) is 14.4 Å². The van der Waals surface area contributed by atoms with Crippen LogP contribution in [0.25, 0.3) is 0 Å². The number of hydrogen-bond acceptors (Lipinski definition) is 5. The smallest absolute Gasteiger partial charge is 0.329 e. The van der Waals surface area contributed by atoms with E-state index in [4.69, 9.17) is 4.74 Å². The van der Waals surface area contributed by atoms with Crippen LogP contribution < -0.4 is 10.6 Å². The van der Waals surface area contributed by atoms with Gasteiger partial charge in [-0.25, -0.2) is 4.79 Å². The van der Waals surface area contributed by atoms with E-state index in [0.717, 1.165) is 24.8 Å². The number of hydrogen-bond donors (Lipinski definition) is 2. The third kappa shape index (κ3) is 5.04. The van der Waals surface area contributed by atoms with Gasteiger partial charge in [-0.3, -0.25) is 9.59 Å². The van der Waals surface area contributed by atoms with Crippen molar-refractivity contribution >= 4 is 29.1 Å². The van der Waals surface area contributed by atoms with Crippen molar-refractivity contribution < 1.29 is 19.1 Å². The van der Waals surface area contributed by atoms with Gasteiger partial charge in [-0.1, -0.05) is 36.4 Å². The zero-order chi connectivity index (χ0) is 23.7. The molecule has 7 heteroatoms. The summed E-state index contributed by atoms with van der Waals surface area (Å²) in [6.07, 6.45) is 6.38. The van der Waals surface area contributed by atoms with Crippen molar-refractivity contribution in [2.45, 2.75) is 69.6 Å². The van der Waals surface area contributed by atoms with E-state index in [1.54, 1.807) is 19.1 Å². The van der Waals surface area contributed by atoms with Crippen LogP contribution in [-0.4, -0.2) is 35.5 Å². The molecule has 1 aromatic carbocycles. The molecule has 0 aliphatic heterocycles. The summed E-state index contributed by atoms with van der Waals surface area (Å²) in [4.78, 5) is 39.4. The van der Waals surface area contributed by atoms with E-state index in [2.05, 4.69) is 10.6 Å². The average molecular weight is 481 g/mol. The lowest BCUT2D eigenvalue weighted by atomic mass is 9.53. The van der Waals surface area contributed by atoms with E-state index >= 15 is 0 Å². The molecule has 0 saturated heterocycles. The van der Waals surface area contributed by atoms with Gasteiger partial charge in [-0.05, 0) is 80.2 Å². The van der Waals surface area contributed by atoms with Crippen LogP contribution in [0.5, 0.6) is 0 Å². The topological polar surface area (TPSA) is 84.5 Å². The molecule has 2 aromatic rings. The predicted molar refractivity (Wildman–Crippen MR) is 130 cm³/mol. The molecule has 0 radical (unpaired) electrons. The van der Waals surface area contributed by atoms with Crippen LogP contribution in [0.4, 0.5) is 0 Å². The number of rotatable bonds is 8. The van der Waals surface area contributed by atoms with Crippen LogP contribution >= 0.6 is 11.3 Å². The number of benzene rings is 1. The number of esters is 1. The van der Waals surface area contributed by atoms with Crippen LogP contribution in [0, 0.1) is 17.8 Å². The van der Waals surface area contributed by atoms with Crippen LogP contribution in [0.2, 0.25) is 0 Å². The maximum absolute atomic E-state index is 13.1. The normalized spacial score (nSPS) is 28.7. The van der Waals surface area contributed by atoms with Gasteiger partial charge in [0, 0.05) is 12.0 Å². The van der Waals surface area contributed by atoms with Gasteiger partial charge >= 0.3 is 5.97 Å². The zero-order valence-corrected chi connectivity index (χ0v) is 20.3. The maximum atomic E-state index is 13.1. The van der Waals surface area contributed by atoms with Gasteiger partial charge in [0.25, 0.3) is 11.8 Å². The highest BCUT2D eigenvalue weighted by Crippen LogP contribution is 2.55. The molecule has 6 rings (SSSR count). The number of carbonyl (C=O) groups is 3. The lowest BCUT2D eigenvalue weighted by Crippen LogP contribution is -2.61. The number of nitrogens with one attached hydrogen (secondary N) is 2. The molecule has 4 bridgehead atoms. The Morgan fingerprint density at radius 1 is 1.00 bits per heavy atom. The van der Waals surface area contributed by atoms with Gasteiger partial charge < -0.3 is 15.4 Å². The fraction of sp³-hybridized carbons (Fsp3) is 0.519. The molecule has 1 aromatic heterocycles. The second-order valence-electron chi connectivity index (χ2n) is 10.5. The molecule has 6 nitrogen and oxygen atoms in total. The van der Waals surface area contributed by atoms with Gasteiger partial charge in [0.1, 0.15) is 6.04 Å². The van der Waals surface area contributed by atoms with Crippen LogP contribution in [0.1, 0.15) is 60.7 Å². The Balaban J connectivity index is 1.23. The lowest BCUT2D eigenvalue weighted by Gasteiger charge is -2.57. The second-order valence-corrected chi connectivity index (χ2v) is 11.4. The molecular weight excluding hydrogens is 448 g/mol. The summed E-state index contributed by atoms with van der Waals surface area (Å²) >= 11 is 1.31. The van der Waals surface area contributed by atoms with Crippen molar-refractivity contribution in [2.75, 3.05) is 0 Å². The molecule has 2 N–H and O–H groups in total. The molecule has 4 aliphatic carbocycles. The van der Waals surface area contributed by atoms with E-state index in [1.807, 2.05) is 35.7 Å². The minimum absolute atomic E-state index is 0.136. The number of thiophene rings is 1. The minimum Gasteiger partial charge on any atom is -0.451 e. The SMILES string of the molecule is CC(OC(=O)C(Cc1ccccc1)NC(=O)c1cccs1)C(=O)NC12CC3CC(CC(C3)C1)C2. The summed E-state index contributed by atoms with van der Waals surface area (Å²) in [6, 6.07) is 12.1. The quantitative estimate of drug-likeness (QED) is 0.557. The van der Waals surface area contributed by atoms with E-state index in [-0.39, 0.29) is 17.4 Å². The first-order valence-electron chi connectivity index (χ1n) is 12.3. The van der Waals surface area contributed by atoms with Gasteiger partial charge in [-0.15, -0.1) is 11.3 Å². The van der Waals surface area contributed by atoms with Crippen molar-refractivity contribution in [2.24, 2.45) is 17.8 Å². The van der Waals surface area contributed by atoms with Crippen molar-refractivity contribution in [1.29, 1.82) is 0 Å². The van der Waals surface area contributed by atoms with Gasteiger partial charge in [0.05, 0.1) is 4.88 Å². The lowest BCUT2D eigenvalue weighted by molar-refractivity contribution is -0.158. The van der Waals surface area contributed by atoms with Gasteiger partial charge in [-0.2, -0.15) is 0 Å². The predicted octanol–water partition coefficient (Wildman–Crippen LogP) is 4.11. The highest BCUT2D eigenvalue weighted by molar-refractivity contribution is 7.12. The standard InChI is InChI=1S/C27H32N2O4S/c1-17(24(30)29-27-14-19-10-20(15-27)12-21(11-19)16-27)33-26(32)22(13-18-6-3-2-4-7-18)28-25(31)23-8-5-9-34-23/h2-9,17,19-22H,10-16H2,1H3,(H,28,31)(H,29,30). The summed E-state index contributed by atoms with van der Waals surface area (Å²) in [6.45, 7) is 1.62. The van der Waals surface area contributed by atoms with Crippen molar-refractivity contribution in [3.05, 3.63) is 58.3 Å². The molecule has 4 fully saturated rings. The summed E-state index contributed by atoms with van der Waals surface area (Å²) < 4.78 is 5.62. The Labute approximate surface area is 204 Å². The molecule has 180 valence electrons. The third-order valence-electron chi connectivity index (χ3n) is 7.71. The van der Waals surface area contributed by atoms with Crippen molar-refractivity contribution in [3.63, 3.8) is 0 Å². The first-order chi connectivity index (χ1) is 16.4. The molecule has 1 heterocycles. The summed E-state index contributed by atoms with van der Waals surface area (Å²) in [5.74, 6) is 0.991. The van der Waals surface area contributed by atoms with Crippen LogP contribution in [0.3, 0.4) is 0 Å². The van der Waals surface area contributed by atoms with Gasteiger partial charge in [0.2, 0.25) is 0 Å². The molecule has 2 amide bonds. The van der Waals surface area contributed by atoms with E-state index < -0.39 is 18.1 Å². The summed E-state index contributed by atoms with van der Waals surface area (Å²) in [5, 5.41) is 7.90. The zero-order valence-electron chi connectivity index (χ0n) is 19.5. The number of carbonyl (C=O) groups excluding carboxylic acids is 3. The highest BCUT2D eigenvalue weighted by Gasteiger charge is 2.51. The molecule has 4 saturated carbocycles. The average Bonchev–Trinajstić information content (AvgIpc) is 3.33. The van der Waals surface area contributed by atoms with E-state index in [0.29, 0.717) is 29.1 Å². The first-order valence-corrected chi connectivity index (χ1v) is 13.2. The highest BCUT2D eigenvalue weighted by atomic mass is 32.1. The Hall–Kier alpha value is -2.67. The minimum atomic E-state index is -0.919. The fourth-order valence-electron chi connectivity index (χ4n) is 6.62. The Morgan fingerprint density at radius 3 is 2.24 bits per heavy atom. The van der Waals surface area contributed by atoms with Crippen LogP contribution in [-0.2, 0) is 20.7 Å². The molecule has 2 unspecified atom stereocenters. The van der Waals surface area contributed by atoms with Crippen molar-refractivity contribution in [1.82, 2.24) is 10.6 Å². The monoisotopic (exact) mass is 480 g/mol. The third-order valence-corrected chi connectivity index (χ3v) is 8.57. The molecule has 0 spiro atoms. The fourth-order valence-corrected chi connectivity index (χ4v) is 7.24. The molecule has 4 aliphatic rings. The Morgan fingerprint density at radius 2 is 1.65 bits per heavy atom. The summed E-state index contributed by atoms with van der Waals surface area (Å²) in [7, 11) is 0. The molecule has 2 atom stereocenters. The Bertz CT molecular complexity index is 1000. The van der Waals surface area contributed by atoms with Crippen molar-refractivity contribution in [3.8, 4) is 0 Å². The number of ether oxygens (including phenoxy) is 1. The maximum Gasteiger partial charge on any atom is 0.329 e. The van der Waals surface area contributed by atoms with Crippen LogP contribution in [0.15, 0.2) is 47.8 Å². The molecular formula is C27H32N2O4S. The second kappa shape index (κ2) is 9.53. The van der Waals surface area contributed by atoms with Gasteiger partial charge in [0.15, 0.2) is 6.10 Å². The summed E-state index contributed by atoms with van der Waals surface area (Å²) in [5.41, 5.74) is 0.769. The Kier molecular flexibility index (Phi) is 6.47. The number of amides is 2. The molecule has 34 heavy (non-hydrogen) atoms. The largest absolute Gasteiger partial charge is 0.451 e. The van der Waals surface area contributed by atoms with E-state index in [1.165, 1.54) is 30.6 Å². The first kappa shape index (κ1) is 23.1.